The van der Waals surface area contributed by atoms with E-state index in [1.807, 2.05) is 76.3 Å². The predicted molar refractivity (Wildman–Crippen MR) is 130 cm³/mol. The number of allylic oxidation sites excluding steroid dienone is 6. The van der Waals surface area contributed by atoms with E-state index in [1.54, 1.807) is 0 Å². The second kappa shape index (κ2) is 7.72. The van der Waals surface area contributed by atoms with Crippen LogP contribution in [0.25, 0.3) is 0 Å². The van der Waals surface area contributed by atoms with Crippen LogP contribution in [0, 0.1) is 29.1 Å². The van der Waals surface area contributed by atoms with E-state index in [1.165, 1.54) is 0 Å². The van der Waals surface area contributed by atoms with Gasteiger partial charge in [0.05, 0.1) is 11.1 Å². The topological polar surface area (TPSA) is 52.6 Å². The summed E-state index contributed by atoms with van der Waals surface area (Å²) < 4.78 is 12.3. The Morgan fingerprint density at radius 2 is 1.09 bits per heavy atom. The highest BCUT2D eigenvalue weighted by Gasteiger charge is 2.56. The van der Waals surface area contributed by atoms with Gasteiger partial charge in [0.15, 0.2) is 0 Å². The van der Waals surface area contributed by atoms with E-state index >= 15 is 0 Å². The number of hydrogen-bond acceptors (Lipinski definition) is 4. The molecule has 0 aliphatic heterocycles. The Morgan fingerprint density at radius 1 is 0.727 bits per heavy atom. The zero-order valence-electron chi connectivity index (χ0n) is 21.1. The van der Waals surface area contributed by atoms with Gasteiger partial charge >= 0.3 is 11.9 Å². The summed E-state index contributed by atoms with van der Waals surface area (Å²) in [5.41, 5.74) is 1.42. The van der Waals surface area contributed by atoms with Crippen molar-refractivity contribution in [2.45, 2.75) is 66.6 Å². The molecule has 0 aromatic carbocycles. The first-order chi connectivity index (χ1) is 15.3. The van der Waals surface area contributed by atoms with Crippen molar-refractivity contribution in [2.75, 3.05) is 0 Å². The monoisotopic (exact) mass is 448 g/mol. The summed E-state index contributed by atoms with van der Waals surface area (Å²) >= 11 is 0. The molecule has 33 heavy (non-hydrogen) atoms. The van der Waals surface area contributed by atoms with Crippen LogP contribution in [0.2, 0.25) is 0 Å². The van der Waals surface area contributed by atoms with Crippen molar-refractivity contribution in [3.63, 3.8) is 0 Å². The fraction of sp³-hybridized carbons (Fsp3) is 0.517. The molecule has 6 atom stereocenters. The Kier molecular flexibility index (Phi) is 5.50. The summed E-state index contributed by atoms with van der Waals surface area (Å²) in [6, 6.07) is 0. The van der Waals surface area contributed by atoms with Crippen LogP contribution in [-0.4, -0.2) is 23.1 Å². The van der Waals surface area contributed by atoms with Gasteiger partial charge in [0.1, 0.15) is 11.2 Å². The highest BCUT2D eigenvalue weighted by Crippen LogP contribution is 2.57. The lowest BCUT2D eigenvalue weighted by Crippen LogP contribution is -2.40. The molecular formula is C29H36O4. The Hall–Kier alpha value is -2.62. The number of hydrogen-bond donors (Lipinski definition) is 0. The second-order valence-corrected chi connectivity index (χ2v) is 11.1. The van der Waals surface area contributed by atoms with E-state index in [9.17, 15) is 9.59 Å². The minimum Gasteiger partial charge on any atom is -0.451 e. The van der Waals surface area contributed by atoms with Crippen molar-refractivity contribution >= 4 is 11.9 Å². The number of carbonyl (C=O) groups is 2. The van der Waals surface area contributed by atoms with Crippen LogP contribution in [0.1, 0.15) is 55.4 Å². The molecule has 176 valence electrons. The van der Waals surface area contributed by atoms with Gasteiger partial charge < -0.3 is 9.47 Å². The van der Waals surface area contributed by atoms with E-state index in [4.69, 9.17) is 9.47 Å². The Morgan fingerprint density at radius 3 is 1.45 bits per heavy atom. The molecule has 0 aromatic heterocycles. The third kappa shape index (κ3) is 3.59. The SMILES string of the molecule is CC1=CC=CC(C)(OC(=O)C2=C(C(=O)OC3(C)C=CC=C(C)C3C)C3C=CC2C3(C)C)C1C. The lowest BCUT2D eigenvalue weighted by Gasteiger charge is -2.36. The summed E-state index contributed by atoms with van der Waals surface area (Å²) in [4.78, 5) is 27.3. The first-order valence-electron chi connectivity index (χ1n) is 11.9. The average Bonchev–Trinajstić information content (AvgIpc) is 3.15. The van der Waals surface area contributed by atoms with Crippen molar-refractivity contribution in [2.24, 2.45) is 29.1 Å². The van der Waals surface area contributed by atoms with E-state index in [0.29, 0.717) is 11.1 Å². The van der Waals surface area contributed by atoms with Crippen molar-refractivity contribution in [3.05, 3.63) is 70.9 Å². The van der Waals surface area contributed by atoms with Crippen molar-refractivity contribution < 1.29 is 19.1 Å². The fourth-order valence-corrected chi connectivity index (χ4v) is 5.67. The van der Waals surface area contributed by atoms with Crippen molar-refractivity contribution in [3.8, 4) is 0 Å². The molecule has 4 nitrogen and oxygen atoms in total. The molecule has 0 spiro atoms. The molecule has 0 N–H and O–H groups in total. The molecule has 0 radical (unpaired) electrons. The number of fused-ring (bicyclic) bond motifs is 2. The van der Waals surface area contributed by atoms with E-state index in [0.717, 1.165) is 11.1 Å². The summed E-state index contributed by atoms with van der Waals surface area (Å²) in [5.74, 6) is -1.09. The molecule has 4 aliphatic rings. The highest BCUT2D eigenvalue weighted by atomic mass is 16.6. The predicted octanol–water partition coefficient (Wildman–Crippen LogP) is 6.03. The minimum absolute atomic E-state index is 0.0477. The third-order valence-corrected chi connectivity index (χ3v) is 8.73. The molecule has 4 heteroatoms. The van der Waals surface area contributed by atoms with Crippen LogP contribution in [-0.2, 0) is 19.1 Å². The zero-order chi connectivity index (χ0) is 24.3. The smallest absolute Gasteiger partial charge is 0.336 e. The summed E-state index contributed by atoms with van der Waals surface area (Å²) in [7, 11) is 0. The Bertz CT molecular complexity index is 997. The summed E-state index contributed by atoms with van der Waals surface area (Å²) in [6.45, 7) is 16.3. The van der Waals surface area contributed by atoms with Gasteiger partial charge in [0.2, 0.25) is 0 Å². The van der Waals surface area contributed by atoms with Crippen molar-refractivity contribution in [1.29, 1.82) is 0 Å². The summed E-state index contributed by atoms with van der Waals surface area (Å²) in [5, 5.41) is 0. The van der Waals surface area contributed by atoms with E-state index in [-0.39, 0.29) is 29.1 Å². The maximum absolute atomic E-state index is 13.7. The minimum atomic E-state index is -0.762. The van der Waals surface area contributed by atoms with E-state index in [2.05, 4.69) is 27.7 Å². The molecule has 0 saturated heterocycles. The molecule has 0 aromatic rings. The average molecular weight is 449 g/mol. The third-order valence-electron chi connectivity index (χ3n) is 8.73. The van der Waals surface area contributed by atoms with Crippen LogP contribution in [0.5, 0.6) is 0 Å². The highest BCUT2D eigenvalue weighted by molar-refractivity contribution is 6.04. The van der Waals surface area contributed by atoms with Gasteiger partial charge in [-0.2, -0.15) is 0 Å². The van der Waals surface area contributed by atoms with Crippen LogP contribution in [0.3, 0.4) is 0 Å². The number of ether oxygens (including phenoxy) is 2. The molecule has 0 amide bonds. The van der Waals surface area contributed by atoms with Crippen molar-refractivity contribution in [1.82, 2.24) is 0 Å². The normalized spacial score (nSPS) is 38.3. The van der Waals surface area contributed by atoms with Gasteiger partial charge in [0.25, 0.3) is 0 Å². The molecule has 2 bridgehead atoms. The Labute approximate surface area is 197 Å². The largest absolute Gasteiger partial charge is 0.451 e. The van der Waals surface area contributed by atoms with Crippen LogP contribution >= 0.6 is 0 Å². The van der Waals surface area contributed by atoms with Gasteiger partial charge in [-0.05, 0) is 45.3 Å². The first kappa shape index (κ1) is 23.5. The molecule has 0 fully saturated rings. The molecule has 4 rings (SSSR count). The molecule has 0 heterocycles. The number of rotatable bonds is 4. The molecule has 0 saturated carbocycles. The van der Waals surface area contributed by atoms with Gasteiger partial charge in [-0.15, -0.1) is 0 Å². The van der Waals surface area contributed by atoms with Crippen LogP contribution in [0.4, 0.5) is 0 Å². The zero-order valence-corrected chi connectivity index (χ0v) is 21.1. The molecular weight excluding hydrogens is 412 g/mol. The maximum atomic E-state index is 13.7. The van der Waals surface area contributed by atoms with Gasteiger partial charge in [-0.25, -0.2) is 9.59 Å². The standard InChI is InChI=1S/C29H36O4/c1-17-11-9-15-28(7,19(17)3)32-25(30)23-21-13-14-22(27(21,5)6)24(23)26(31)33-29(8)16-10-12-18(2)20(29)4/h9-16,19-22H,1-8H3. The number of carbonyl (C=O) groups excluding carboxylic acids is 2. The second-order valence-electron chi connectivity index (χ2n) is 11.1. The molecule has 6 unspecified atom stereocenters. The quantitative estimate of drug-likeness (QED) is 0.389. The van der Waals surface area contributed by atoms with Gasteiger partial charge in [-0.1, -0.05) is 75.3 Å². The van der Waals surface area contributed by atoms with E-state index < -0.39 is 23.1 Å². The Balaban J connectivity index is 1.68. The van der Waals surface area contributed by atoms with Crippen LogP contribution in [0.15, 0.2) is 70.9 Å². The molecule has 4 aliphatic carbocycles. The van der Waals surface area contributed by atoms with Gasteiger partial charge in [-0.3, -0.25) is 0 Å². The lowest BCUT2D eigenvalue weighted by molar-refractivity contribution is -0.155. The maximum Gasteiger partial charge on any atom is 0.336 e. The first-order valence-corrected chi connectivity index (χ1v) is 11.9. The number of esters is 2. The fourth-order valence-electron chi connectivity index (χ4n) is 5.67. The lowest BCUT2D eigenvalue weighted by atomic mass is 9.77. The summed E-state index contributed by atoms with van der Waals surface area (Å²) in [6.07, 6.45) is 15.9. The van der Waals surface area contributed by atoms with Crippen LogP contribution < -0.4 is 0 Å². The van der Waals surface area contributed by atoms with Gasteiger partial charge in [0, 0.05) is 23.7 Å².